The summed E-state index contributed by atoms with van der Waals surface area (Å²) in [5.74, 6) is 0.280. The lowest BCUT2D eigenvalue weighted by atomic mass is 9.78. The molecule has 6 nitrogen and oxygen atoms in total. The quantitative estimate of drug-likeness (QED) is 0.615. The van der Waals surface area contributed by atoms with Crippen molar-refractivity contribution in [1.29, 1.82) is 0 Å². The molecule has 1 aromatic carbocycles. The molecule has 1 aliphatic carbocycles. The Balaban J connectivity index is 1.74. The summed E-state index contributed by atoms with van der Waals surface area (Å²) in [5.41, 5.74) is 1.25. The number of amides is 2. The molecule has 1 saturated carbocycles. The van der Waals surface area contributed by atoms with Crippen LogP contribution in [-0.2, 0) is 11.3 Å². The number of nitrogens with zero attached hydrogens (tertiary/aromatic N) is 2. The number of aromatic nitrogens is 1. The van der Waals surface area contributed by atoms with Crippen molar-refractivity contribution in [3.8, 4) is 0 Å². The first-order chi connectivity index (χ1) is 15.1. The number of anilines is 1. The van der Waals surface area contributed by atoms with Gasteiger partial charge in [0.1, 0.15) is 11.3 Å². The van der Waals surface area contributed by atoms with Gasteiger partial charge in [-0.1, -0.05) is 37.5 Å². The van der Waals surface area contributed by atoms with Gasteiger partial charge in [0.25, 0.3) is 5.91 Å². The number of furan rings is 1. The molecule has 6 heteroatoms. The van der Waals surface area contributed by atoms with Gasteiger partial charge < -0.3 is 14.6 Å². The molecule has 2 heterocycles. The van der Waals surface area contributed by atoms with Crippen LogP contribution in [0.1, 0.15) is 53.8 Å². The number of para-hydroxylation sites is 1. The van der Waals surface area contributed by atoms with Crippen LogP contribution < -0.4 is 5.32 Å². The molecule has 160 valence electrons. The van der Waals surface area contributed by atoms with E-state index in [0.717, 1.165) is 30.5 Å². The fraction of sp³-hybridized carbons (Fsp3) is 0.320. The SMILES string of the molecule is Cc1ccccc1NC(=O)C1(N(Cc2ccco2)C(=O)c2cccnc2)CCCCC1. The molecule has 2 amide bonds. The third-order valence-corrected chi connectivity index (χ3v) is 6.06. The van der Waals surface area contributed by atoms with E-state index in [1.807, 2.05) is 37.3 Å². The highest BCUT2D eigenvalue weighted by molar-refractivity contribution is 6.04. The third kappa shape index (κ3) is 4.38. The summed E-state index contributed by atoms with van der Waals surface area (Å²) in [7, 11) is 0. The summed E-state index contributed by atoms with van der Waals surface area (Å²) in [6.45, 7) is 2.19. The fourth-order valence-electron chi connectivity index (χ4n) is 4.33. The van der Waals surface area contributed by atoms with Crippen molar-refractivity contribution in [3.63, 3.8) is 0 Å². The second-order valence-corrected chi connectivity index (χ2v) is 8.07. The first-order valence-corrected chi connectivity index (χ1v) is 10.7. The lowest BCUT2D eigenvalue weighted by Crippen LogP contribution is -2.59. The second-order valence-electron chi connectivity index (χ2n) is 8.07. The Hall–Kier alpha value is -3.41. The molecule has 0 bridgehead atoms. The largest absolute Gasteiger partial charge is 0.467 e. The van der Waals surface area contributed by atoms with Crippen molar-refractivity contribution in [1.82, 2.24) is 9.88 Å². The van der Waals surface area contributed by atoms with E-state index in [1.165, 1.54) is 0 Å². The van der Waals surface area contributed by atoms with E-state index in [4.69, 9.17) is 4.42 Å². The van der Waals surface area contributed by atoms with Gasteiger partial charge in [-0.2, -0.15) is 0 Å². The van der Waals surface area contributed by atoms with E-state index in [9.17, 15) is 9.59 Å². The summed E-state index contributed by atoms with van der Waals surface area (Å²) in [5, 5.41) is 3.11. The molecule has 0 atom stereocenters. The number of hydrogen-bond acceptors (Lipinski definition) is 4. The van der Waals surface area contributed by atoms with Gasteiger partial charge >= 0.3 is 0 Å². The zero-order valence-corrected chi connectivity index (χ0v) is 17.7. The maximum Gasteiger partial charge on any atom is 0.256 e. The molecule has 0 spiro atoms. The normalized spacial score (nSPS) is 15.3. The predicted molar refractivity (Wildman–Crippen MR) is 118 cm³/mol. The highest BCUT2D eigenvalue weighted by Gasteiger charge is 2.47. The number of carbonyl (C=O) groups is 2. The van der Waals surface area contributed by atoms with Crippen molar-refractivity contribution in [2.75, 3.05) is 5.32 Å². The molecule has 1 N–H and O–H groups in total. The second kappa shape index (κ2) is 9.16. The number of pyridine rings is 1. The lowest BCUT2D eigenvalue weighted by Gasteiger charge is -2.44. The van der Waals surface area contributed by atoms with Crippen LogP contribution in [-0.4, -0.2) is 27.2 Å². The van der Waals surface area contributed by atoms with Gasteiger partial charge in [-0.15, -0.1) is 0 Å². The van der Waals surface area contributed by atoms with Gasteiger partial charge in [-0.25, -0.2) is 0 Å². The minimum atomic E-state index is -0.958. The Kier molecular flexibility index (Phi) is 6.16. The number of rotatable bonds is 6. The topological polar surface area (TPSA) is 75.4 Å². The van der Waals surface area contributed by atoms with E-state index in [-0.39, 0.29) is 18.4 Å². The molecule has 1 fully saturated rings. The zero-order valence-electron chi connectivity index (χ0n) is 17.7. The molecular formula is C25H27N3O3. The lowest BCUT2D eigenvalue weighted by molar-refractivity contribution is -0.129. The summed E-state index contributed by atoms with van der Waals surface area (Å²) in [4.78, 5) is 33.3. The van der Waals surface area contributed by atoms with E-state index in [1.54, 1.807) is 41.8 Å². The van der Waals surface area contributed by atoms with Crippen LogP contribution in [0.3, 0.4) is 0 Å². The summed E-state index contributed by atoms with van der Waals surface area (Å²) in [6.07, 6.45) is 8.81. The van der Waals surface area contributed by atoms with Gasteiger partial charge in [-0.3, -0.25) is 14.6 Å². The van der Waals surface area contributed by atoms with Gasteiger partial charge in [-0.05, 0) is 55.7 Å². The molecule has 2 aromatic heterocycles. The average molecular weight is 418 g/mol. The summed E-state index contributed by atoms with van der Waals surface area (Å²) < 4.78 is 5.56. The van der Waals surface area contributed by atoms with E-state index in [0.29, 0.717) is 24.2 Å². The monoisotopic (exact) mass is 417 g/mol. The van der Waals surface area contributed by atoms with Crippen LogP contribution in [0.25, 0.3) is 0 Å². The Bertz CT molecular complexity index is 1030. The van der Waals surface area contributed by atoms with Crippen LogP contribution in [0.2, 0.25) is 0 Å². The number of benzene rings is 1. The highest BCUT2D eigenvalue weighted by atomic mass is 16.3. The molecule has 3 aromatic rings. The van der Waals surface area contributed by atoms with Crippen LogP contribution >= 0.6 is 0 Å². The maximum absolute atomic E-state index is 13.8. The van der Waals surface area contributed by atoms with E-state index in [2.05, 4.69) is 10.3 Å². The number of carbonyl (C=O) groups excluding carboxylic acids is 2. The van der Waals surface area contributed by atoms with Gasteiger partial charge in [0.2, 0.25) is 5.91 Å². The molecular weight excluding hydrogens is 390 g/mol. The molecule has 31 heavy (non-hydrogen) atoms. The van der Waals surface area contributed by atoms with Crippen molar-refractivity contribution in [3.05, 3.63) is 84.1 Å². The Labute approximate surface area is 182 Å². The Morgan fingerprint density at radius 3 is 2.55 bits per heavy atom. The van der Waals surface area contributed by atoms with Crippen molar-refractivity contribution >= 4 is 17.5 Å². The van der Waals surface area contributed by atoms with Crippen LogP contribution in [0.15, 0.2) is 71.6 Å². The van der Waals surface area contributed by atoms with Gasteiger partial charge in [0, 0.05) is 18.1 Å². The van der Waals surface area contributed by atoms with Crippen molar-refractivity contribution in [2.45, 2.75) is 51.1 Å². The maximum atomic E-state index is 13.8. The molecule has 1 aliphatic rings. The number of nitrogens with one attached hydrogen (secondary N) is 1. The Morgan fingerprint density at radius 1 is 1.06 bits per heavy atom. The fourth-order valence-corrected chi connectivity index (χ4v) is 4.33. The smallest absolute Gasteiger partial charge is 0.256 e. The summed E-state index contributed by atoms with van der Waals surface area (Å²) in [6, 6.07) is 14.8. The average Bonchev–Trinajstić information content (AvgIpc) is 3.33. The molecule has 0 unspecified atom stereocenters. The number of aryl methyl sites for hydroxylation is 1. The standard InChI is InChI=1S/C25H27N3O3/c1-19-9-3-4-12-22(19)27-24(30)25(13-5-2-6-14-25)28(18-21-11-8-16-31-21)23(29)20-10-7-15-26-17-20/h3-4,7-12,15-17H,2,5-6,13-14,18H2,1H3,(H,27,30). The van der Waals surface area contributed by atoms with E-state index >= 15 is 0 Å². The van der Waals surface area contributed by atoms with Crippen molar-refractivity contribution < 1.29 is 14.0 Å². The molecule has 0 radical (unpaired) electrons. The highest BCUT2D eigenvalue weighted by Crippen LogP contribution is 2.37. The predicted octanol–water partition coefficient (Wildman–Crippen LogP) is 4.97. The van der Waals surface area contributed by atoms with Gasteiger partial charge in [0.15, 0.2) is 0 Å². The third-order valence-electron chi connectivity index (χ3n) is 6.06. The van der Waals surface area contributed by atoms with Crippen LogP contribution in [0.5, 0.6) is 0 Å². The number of hydrogen-bond donors (Lipinski definition) is 1. The molecule has 0 aliphatic heterocycles. The van der Waals surface area contributed by atoms with E-state index < -0.39 is 5.54 Å². The van der Waals surface area contributed by atoms with Crippen LogP contribution in [0, 0.1) is 6.92 Å². The first kappa shape index (κ1) is 20.8. The molecule has 4 rings (SSSR count). The minimum Gasteiger partial charge on any atom is -0.467 e. The zero-order chi connectivity index (χ0) is 21.7. The summed E-state index contributed by atoms with van der Waals surface area (Å²) >= 11 is 0. The molecule has 0 saturated heterocycles. The van der Waals surface area contributed by atoms with Gasteiger partial charge in [0.05, 0.1) is 18.4 Å². The van der Waals surface area contributed by atoms with Crippen LogP contribution in [0.4, 0.5) is 5.69 Å². The minimum absolute atomic E-state index is 0.148. The Morgan fingerprint density at radius 2 is 1.87 bits per heavy atom. The first-order valence-electron chi connectivity index (χ1n) is 10.7. The van der Waals surface area contributed by atoms with Crippen molar-refractivity contribution in [2.24, 2.45) is 0 Å².